The standard InChI is InChI=1S/C10H11NO4S/c1-15-8-6-4-2-3-5-7(6)16(13,14)9(8)10(11)12/h2-5,8-9H,1H3,(H2,11,12). The number of primary amides is 1. The van der Waals surface area contributed by atoms with Crippen LogP contribution in [0.4, 0.5) is 0 Å². The van der Waals surface area contributed by atoms with E-state index in [0.29, 0.717) is 5.56 Å². The number of sulfone groups is 1. The van der Waals surface area contributed by atoms with Crippen LogP contribution in [0.15, 0.2) is 29.2 Å². The predicted octanol–water partition coefficient (Wildman–Crippen LogP) is 0.0153. The van der Waals surface area contributed by atoms with Crippen molar-refractivity contribution >= 4 is 15.7 Å². The highest BCUT2D eigenvalue weighted by molar-refractivity contribution is 7.93. The number of fused-ring (bicyclic) bond motifs is 1. The second kappa shape index (κ2) is 3.57. The van der Waals surface area contributed by atoms with Gasteiger partial charge >= 0.3 is 0 Å². The zero-order valence-electron chi connectivity index (χ0n) is 8.58. The maximum absolute atomic E-state index is 12.0. The monoisotopic (exact) mass is 241 g/mol. The number of amides is 1. The summed E-state index contributed by atoms with van der Waals surface area (Å²) in [4.78, 5) is 11.3. The van der Waals surface area contributed by atoms with Crippen molar-refractivity contribution in [2.75, 3.05) is 7.11 Å². The molecule has 5 nitrogen and oxygen atoms in total. The van der Waals surface area contributed by atoms with Crippen molar-refractivity contribution in [3.8, 4) is 0 Å². The minimum atomic E-state index is -3.71. The van der Waals surface area contributed by atoms with E-state index in [9.17, 15) is 13.2 Å². The van der Waals surface area contributed by atoms with Crippen LogP contribution < -0.4 is 5.73 Å². The summed E-state index contributed by atoms with van der Waals surface area (Å²) in [7, 11) is -2.35. The number of hydrogen-bond acceptors (Lipinski definition) is 4. The molecule has 0 radical (unpaired) electrons. The molecule has 6 heteroatoms. The fraction of sp³-hybridized carbons (Fsp3) is 0.300. The number of carbonyl (C=O) groups is 1. The largest absolute Gasteiger partial charge is 0.375 e. The summed E-state index contributed by atoms with van der Waals surface area (Å²) in [6.07, 6.45) is -0.807. The minimum Gasteiger partial charge on any atom is -0.375 e. The zero-order chi connectivity index (χ0) is 11.9. The van der Waals surface area contributed by atoms with Crippen LogP contribution >= 0.6 is 0 Å². The van der Waals surface area contributed by atoms with Gasteiger partial charge in [0.15, 0.2) is 15.1 Å². The van der Waals surface area contributed by atoms with E-state index in [0.717, 1.165) is 0 Å². The minimum absolute atomic E-state index is 0.130. The molecule has 0 aliphatic carbocycles. The molecule has 0 fully saturated rings. The SMILES string of the molecule is COC1c2ccccc2S(=O)(=O)C1C(N)=O. The van der Waals surface area contributed by atoms with Gasteiger partial charge in [0.1, 0.15) is 6.10 Å². The molecule has 1 heterocycles. The fourth-order valence-electron chi connectivity index (χ4n) is 1.99. The lowest BCUT2D eigenvalue weighted by atomic mass is 10.1. The van der Waals surface area contributed by atoms with Crippen LogP contribution in [-0.2, 0) is 19.4 Å². The highest BCUT2D eigenvalue weighted by atomic mass is 32.2. The van der Waals surface area contributed by atoms with Gasteiger partial charge in [-0.05, 0) is 6.07 Å². The van der Waals surface area contributed by atoms with E-state index in [2.05, 4.69) is 0 Å². The summed E-state index contributed by atoms with van der Waals surface area (Å²) >= 11 is 0. The summed E-state index contributed by atoms with van der Waals surface area (Å²) in [6.45, 7) is 0. The van der Waals surface area contributed by atoms with Gasteiger partial charge < -0.3 is 10.5 Å². The first kappa shape index (κ1) is 11.1. The molecule has 1 aromatic rings. The summed E-state index contributed by atoms with van der Waals surface area (Å²) in [5, 5.41) is -1.32. The van der Waals surface area contributed by atoms with Crippen LogP contribution in [0.25, 0.3) is 0 Å². The van der Waals surface area contributed by atoms with E-state index in [1.54, 1.807) is 18.2 Å². The molecule has 86 valence electrons. The van der Waals surface area contributed by atoms with Crippen LogP contribution in [0.3, 0.4) is 0 Å². The smallest absolute Gasteiger partial charge is 0.239 e. The molecule has 0 saturated carbocycles. The van der Waals surface area contributed by atoms with E-state index in [-0.39, 0.29) is 4.90 Å². The zero-order valence-corrected chi connectivity index (χ0v) is 9.40. The predicted molar refractivity (Wildman–Crippen MR) is 56.4 cm³/mol. The quantitative estimate of drug-likeness (QED) is 0.790. The van der Waals surface area contributed by atoms with Gasteiger partial charge in [-0.3, -0.25) is 4.79 Å². The van der Waals surface area contributed by atoms with E-state index in [1.165, 1.54) is 13.2 Å². The van der Waals surface area contributed by atoms with Crippen LogP contribution in [0.1, 0.15) is 11.7 Å². The lowest BCUT2D eigenvalue weighted by Gasteiger charge is -2.13. The van der Waals surface area contributed by atoms with Gasteiger partial charge in [-0.2, -0.15) is 0 Å². The van der Waals surface area contributed by atoms with E-state index in [1.807, 2.05) is 0 Å². The van der Waals surface area contributed by atoms with Gasteiger partial charge in [0.25, 0.3) is 0 Å². The molecular formula is C10H11NO4S. The van der Waals surface area contributed by atoms with Crippen LogP contribution in [-0.4, -0.2) is 26.7 Å². The molecule has 1 amide bonds. The topological polar surface area (TPSA) is 86.5 Å². The summed E-state index contributed by atoms with van der Waals surface area (Å²) in [5.41, 5.74) is 5.61. The molecule has 2 N–H and O–H groups in total. The molecule has 16 heavy (non-hydrogen) atoms. The third-order valence-electron chi connectivity index (χ3n) is 2.68. The van der Waals surface area contributed by atoms with Crippen LogP contribution in [0.5, 0.6) is 0 Å². The van der Waals surface area contributed by atoms with Crippen molar-refractivity contribution in [2.24, 2.45) is 5.73 Å². The van der Waals surface area contributed by atoms with E-state index >= 15 is 0 Å². The maximum atomic E-state index is 12.0. The van der Waals surface area contributed by atoms with Crippen molar-refractivity contribution in [3.63, 3.8) is 0 Å². The first-order valence-corrected chi connectivity index (χ1v) is 6.19. The Morgan fingerprint density at radius 2 is 2.00 bits per heavy atom. The maximum Gasteiger partial charge on any atom is 0.239 e. The molecule has 2 rings (SSSR count). The Morgan fingerprint density at radius 3 is 2.56 bits per heavy atom. The molecular weight excluding hydrogens is 230 g/mol. The summed E-state index contributed by atoms with van der Waals surface area (Å²) in [5.74, 6) is -0.886. The van der Waals surface area contributed by atoms with Gasteiger partial charge in [-0.1, -0.05) is 18.2 Å². The Kier molecular flexibility index (Phi) is 2.47. The number of hydrogen-bond donors (Lipinski definition) is 1. The Balaban J connectivity index is 2.69. The molecule has 1 aliphatic rings. The molecule has 1 aromatic carbocycles. The van der Waals surface area contributed by atoms with Gasteiger partial charge in [0, 0.05) is 12.7 Å². The Bertz CT molecular complexity index is 538. The van der Waals surface area contributed by atoms with E-state index < -0.39 is 27.1 Å². The Labute approximate surface area is 93.1 Å². The van der Waals surface area contributed by atoms with Crippen LogP contribution in [0.2, 0.25) is 0 Å². The lowest BCUT2D eigenvalue weighted by molar-refractivity contribution is -0.119. The number of rotatable bonds is 2. The first-order chi connectivity index (χ1) is 7.50. The first-order valence-electron chi connectivity index (χ1n) is 4.65. The van der Waals surface area contributed by atoms with Gasteiger partial charge in [-0.25, -0.2) is 8.42 Å². The molecule has 1 aliphatic heterocycles. The third-order valence-corrected chi connectivity index (χ3v) is 4.81. The number of carbonyl (C=O) groups excluding carboxylic acids is 1. The highest BCUT2D eigenvalue weighted by Gasteiger charge is 2.48. The number of benzene rings is 1. The molecule has 0 bridgehead atoms. The normalized spacial score (nSPS) is 26.3. The second-order valence-corrected chi connectivity index (χ2v) is 5.60. The summed E-state index contributed by atoms with van der Waals surface area (Å²) in [6, 6.07) is 6.39. The van der Waals surface area contributed by atoms with Crippen LogP contribution in [0, 0.1) is 0 Å². The third kappa shape index (κ3) is 1.34. The van der Waals surface area contributed by atoms with Gasteiger partial charge in [0.2, 0.25) is 5.91 Å². The molecule has 0 saturated heterocycles. The van der Waals surface area contributed by atoms with Crippen molar-refractivity contribution < 1.29 is 17.9 Å². The second-order valence-electron chi connectivity index (χ2n) is 3.56. The molecule has 0 aromatic heterocycles. The molecule has 0 spiro atoms. The van der Waals surface area contributed by atoms with Crippen molar-refractivity contribution in [1.29, 1.82) is 0 Å². The Hall–Kier alpha value is -1.40. The number of methoxy groups -OCH3 is 1. The fourth-order valence-corrected chi connectivity index (χ4v) is 3.93. The molecule has 2 unspecified atom stereocenters. The summed E-state index contributed by atoms with van der Waals surface area (Å²) < 4.78 is 29.1. The molecule has 2 atom stereocenters. The van der Waals surface area contributed by atoms with Gasteiger partial charge in [-0.15, -0.1) is 0 Å². The average Bonchev–Trinajstić information content (AvgIpc) is 2.47. The Morgan fingerprint density at radius 1 is 1.38 bits per heavy atom. The van der Waals surface area contributed by atoms with Gasteiger partial charge in [0.05, 0.1) is 4.90 Å². The number of ether oxygens (including phenoxy) is 1. The van der Waals surface area contributed by atoms with E-state index in [4.69, 9.17) is 10.5 Å². The number of nitrogens with two attached hydrogens (primary N) is 1. The van der Waals surface area contributed by atoms with Crippen molar-refractivity contribution in [1.82, 2.24) is 0 Å². The van der Waals surface area contributed by atoms with Crippen molar-refractivity contribution in [3.05, 3.63) is 29.8 Å². The lowest BCUT2D eigenvalue weighted by Crippen LogP contribution is -2.36. The average molecular weight is 241 g/mol. The highest BCUT2D eigenvalue weighted by Crippen LogP contribution is 2.40. The van der Waals surface area contributed by atoms with Crippen molar-refractivity contribution in [2.45, 2.75) is 16.2 Å².